The summed E-state index contributed by atoms with van der Waals surface area (Å²) < 4.78 is 4.14. The highest BCUT2D eigenvalue weighted by Gasteiger charge is 2.07. The van der Waals surface area contributed by atoms with Gasteiger partial charge in [-0.25, -0.2) is 9.97 Å². The lowest BCUT2D eigenvalue weighted by Crippen LogP contribution is -1.94. The molecule has 0 amide bonds. The van der Waals surface area contributed by atoms with E-state index in [9.17, 15) is 0 Å². The molecular formula is C17H14N4S. The van der Waals surface area contributed by atoms with Crippen LogP contribution in [-0.4, -0.2) is 18.9 Å². The Balaban J connectivity index is 1.56. The second-order valence-electron chi connectivity index (χ2n) is 4.90. The molecule has 0 atom stereocenters. The minimum absolute atomic E-state index is 0.797. The van der Waals surface area contributed by atoms with E-state index in [1.807, 2.05) is 59.4 Å². The van der Waals surface area contributed by atoms with Crippen molar-refractivity contribution in [1.82, 2.24) is 18.9 Å². The van der Waals surface area contributed by atoms with E-state index in [0.29, 0.717) is 0 Å². The van der Waals surface area contributed by atoms with Crippen molar-refractivity contribution < 1.29 is 0 Å². The number of rotatable bonds is 4. The monoisotopic (exact) mass is 306 g/mol. The van der Waals surface area contributed by atoms with Crippen molar-refractivity contribution in [1.29, 1.82) is 0 Å². The molecule has 0 fully saturated rings. The number of nitrogens with zero attached hydrogens (tertiary/aromatic N) is 4. The molecule has 0 radical (unpaired) electrons. The summed E-state index contributed by atoms with van der Waals surface area (Å²) in [7, 11) is 0. The molecule has 4 nitrogen and oxygen atoms in total. The predicted octanol–water partition coefficient (Wildman–Crippen LogP) is 3.81. The molecule has 0 unspecified atom stereocenters. The highest BCUT2D eigenvalue weighted by Crippen LogP contribution is 2.23. The molecule has 0 N–H and O–H groups in total. The van der Waals surface area contributed by atoms with E-state index in [1.165, 1.54) is 0 Å². The van der Waals surface area contributed by atoms with Crippen molar-refractivity contribution in [3.05, 3.63) is 79.0 Å². The summed E-state index contributed by atoms with van der Waals surface area (Å²) >= 11 is 1.69. The first-order chi connectivity index (χ1) is 10.9. The summed E-state index contributed by atoms with van der Waals surface area (Å²) in [5.41, 5.74) is 3.15. The average Bonchev–Trinajstić information content (AvgIpc) is 3.20. The number of hydrogen-bond acceptors (Lipinski definition) is 3. The largest absolute Gasteiger partial charge is 0.307 e. The molecule has 3 aromatic heterocycles. The summed E-state index contributed by atoms with van der Waals surface area (Å²) in [6.45, 7) is 0. The van der Waals surface area contributed by atoms with Crippen molar-refractivity contribution in [3.63, 3.8) is 0 Å². The Morgan fingerprint density at radius 3 is 2.68 bits per heavy atom. The van der Waals surface area contributed by atoms with Crippen molar-refractivity contribution in [2.75, 3.05) is 0 Å². The van der Waals surface area contributed by atoms with Crippen LogP contribution < -0.4 is 0 Å². The Labute approximate surface area is 132 Å². The topological polar surface area (TPSA) is 35.1 Å². The third kappa shape index (κ3) is 2.51. The summed E-state index contributed by atoms with van der Waals surface area (Å²) in [5, 5.41) is 0.975. The van der Waals surface area contributed by atoms with Crippen molar-refractivity contribution in [2.45, 2.75) is 10.9 Å². The zero-order chi connectivity index (χ0) is 14.8. The Hall–Kier alpha value is -2.53. The van der Waals surface area contributed by atoms with Gasteiger partial charge in [0.05, 0.1) is 5.69 Å². The number of benzene rings is 1. The van der Waals surface area contributed by atoms with Crippen LogP contribution in [0.3, 0.4) is 0 Å². The first-order valence-electron chi connectivity index (χ1n) is 7.04. The van der Waals surface area contributed by atoms with Gasteiger partial charge in [0, 0.05) is 36.2 Å². The normalized spacial score (nSPS) is 11.1. The maximum atomic E-state index is 4.62. The fraction of sp³-hybridized carbons (Fsp3) is 0.0588. The molecule has 0 aliphatic rings. The van der Waals surface area contributed by atoms with Gasteiger partial charge in [0.2, 0.25) is 0 Å². The molecule has 0 aliphatic heterocycles. The zero-order valence-corrected chi connectivity index (χ0v) is 12.6. The Morgan fingerprint density at radius 2 is 1.82 bits per heavy atom. The van der Waals surface area contributed by atoms with Gasteiger partial charge in [0.15, 0.2) is 5.16 Å². The van der Waals surface area contributed by atoms with E-state index in [4.69, 9.17) is 0 Å². The molecule has 0 bridgehead atoms. The van der Waals surface area contributed by atoms with E-state index in [0.717, 1.165) is 27.9 Å². The van der Waals surface area contributed by atoms with Crippen LogP contribution in [-0.2, 0) is 5.75 Å². The van der Waals surface area contributed by atoms with Gasteiger partial charge in [-0.2, -0.15) is 0 Å². The molecule has 0 saturated heterocycles. The van der Waals surface area contributed by atoms with Crippen LogP contribution in [0, 0.1) is 0 Å². The number of pyridine rings is 1. The molecule has 108 valence electrons. The zero-order valence-electron chi connectivity index (χ0n) is 11.8. The number of fused-ring (bicyclic) bond motifs is 1. The molecule has 5 heteroatoms. The van der Waals surface area contributed by atoms with Gasteiger partial charge in [-0.05, 0) is 24.3 Å². The van der Waals surface area contributed by atoms with Gasteiger partial charge in [-0.3, -0.25) is 4.57 Å². The van der Waals surface area contributed by atoms with Gasteiger partial charge in [0.1, 0.15) is 5.65 Å². The number of hydrogen-bond donors (Lipinski definition) is 0. The minimum atomic E-state index is 0.797. The maximum Gasteiger partial charge on any atom is 0.172 e. The Bertz CT molecular complexity index is 862. The maximum absolute atomic E-state index is 4.62. The SMILES string of the molecule is c1ccc(-n2ccnc2SCc2cn3ccccc3n2)cc1. The van der Waals surface area contributed by atoms with E-state index < -0.39 is 0 Å². The van der Waals surface area contributed by atoms with Crippen molar-refractivity contribution in [3.8, 4) is 5.69 Å². The minimum Gasteiger partial charge on any atom is -0.307 e. The quantitative estimate of drug-likeness (QED) is 0.538. The molecule has 0 spiro atoms. The van der Waals surface area contributed by atoms with Crippen LogP contribution in [0.4, 0.5) is 0 Å². The van der Waals surface area contributed by atoms with Gasteiger partial charge < -0.3 is 4.40 Å². The average molecular weight is 306 g/mol. The molecule has 0 saturated carbocycles. The second-order valence-corrected chi connectivity index (χ2v) is 5.84. The van der Waals surface area contributed by atoms with Crippen LogP contribution in [0.25, 0.3) is 11.3 Å². The molecule has 4 aromatic rings. The number of thioether (sulfide) groups is 1. The first kappa shape index (κ1) is 13.2. The predicted molar refractivity (Wildman–Crippen MR) is 88.3 cm³/mol. The van der Waals surface area contributed by atoms with Crippen LogP contribution >= 0.6 is 11.8 Å². The van der Waals surface area contributed by atoms with E-state index in [-0.39, 0.29) is 0 Å². The third-order valence-electron chi connectivity index (χ3n) is 3.40. The van der Waals surface area contributed by atoms with E-state index in [1.54, 1.807) is 11.8 Å². The Kier molecular flexibility index (Phi) is 3.40. The second kappa shape index (κ2) is 5.69. The summed E-state index contributed by atoms with van der Waals surface area (Å²) in [5.74, 6) is 0.797. The Morgan fingerprint density at radius 1 is 0.955 bits per heavy atom. The van der Waals surface area contributed by atoms with Crippen molar-refractivity contribution in [2.24, 2.45) is 0 Å². The highest BCUT2D eigenvalue weighted by molar-refractivity contribution is 7.98. The van der Waals surface area contributed by atoms with Crippen LogP contribution in [0.2, 0.25) is 0 Å². The number of aromatic nitrogens is 4. The van der Waals surface area contributed by atoms with Gasteiger partial charge in [-0.1, -0.05) is 36.0 Å². The van der Waals surface area contributed by atoms with Crippen molar-refractivity contribution >= 4 is 17.4 Å². The van der Waals surface area contributed by atoms with Gasteiger partial charge >= 0.3 is 0 Å². The fourth-order valence-electron chi connectivity index (χ4n) is 2.38. The van der Waals surface area contributed by atoms with Crippen LogP contribution in [0.1, 0.15) is 5.69 Å². The lowest BCUT2D eigenvalue weighted by molar-refractivity contribution is 0.894. The van der Waals surface area contributed by atoms with Gasteiger partial charge in [0.25, 0.3) is 0 Å². The van der Waals surface area contributed by atoms with Crippen LogP contribution in [0.5, 0.6) is 0 Å². The lowest BCUT2D eigenvalue weighted by Gasteiger charge is -2.06. The molecule has 0 aliphatic carbocycles. The summed E-state index contributed by atoms with van der Waals surface area (Å²) in [6, 6.07) is 16.3. The third-order valence-corrected chi connectivity index (χ3v) is 4.40. The van der Waals surface area contributed by atoms with E-state index >= 15 is 0 Å². The lowest BCUT2D eigenvalue weighted by atomic mass is 10.3. The van der Waals surface area contributed by atoms with Crippen LogP contribution in [0.15, 0.2) is 78.5 Å². The van der Waals surface area contributed by atoms with Gasteiger partial charge in [-0.15, -0.1) is 0 Å². The standard InChI is InChI=1S/C17H14N4S/c1-2-6-15(7-3-1)21-11-9-18-17(21)22-13-14-12-20-10-5-4-8-16(20)19-14/h1-12H,13H2. The fourth-order valence-corrected chi connectivity index (χ4v) is 3.23. The highest BCUT2D eigenvalue weighted by atomic mass is 32.2. The molecule has 3 heterocycles. The molecule has 1 aromatic carbocycles. The summed E-state index contributed by atoms with van der Waals surface area (Å²) in [4.78, 5) is 9.07. The first-order valence-corrected chi connectivity index (χ1v) is 8.03. The summed E-state index contributed by atoms with van der Waals surface area (Å²) in [6.07, 6.45) is 7.90. The smallest absolute Gasteiger partial charge is 0.172 e. The molecule has 4 rings (SSSR count). The molecule has 22 heavy (non-hydrogen) atoms. The number of para-hydroxylation sites is 1. The molecular weight excluding hydrogens is 292 g/mol. The number of imidazole rings is 2. The van der Waals surface area contributed by atoms with E-state index in [2.05, 4.69) is 32.9 Å².